The summed E-state index contributed by atoms with van der Waals surface area (Å²) >= 11 is 1.69. The van der Waals surface area contributed by atoms with Crippen LogP contribution in [-0.2, 0) is 30.8 Å². The quantitative estimate of drug-likeness (QED) is 0.131. The Bertz CT molecular complexity index is 656. The Morgan fingerprint density at radius 1 is 1.29 bits per heavy atom. The Hall–Kier alpha value is -1.36. The number of aryl methyl sites for hydroxylation is 1. The van der Waals surface area contributed by atoms with E-state index in [0.29, 0.717) is 5.96 Å². The van der Waals surface area contributed by atoms with Crippen LogP contribution in [0.5, 0.6) is 0 Å². The van der Waals surface area contributed by atoms with Crippen LogP contribution in [0, 0.1) is 0 Å². The lowest BCUT2D eigenvalue weighted by molar-refractivity contribution is 0.229. The van der Waals surface area contributed by atoms with E-state index in [-0.39, 0.29) is 0 Å². The maximum Gasteiger partial charge on any atom is 0.413 e. The van der Waals surface area contributed by atoms with Gasteiger partial charge in [-0.3, -0.25) is 19.3 Å². The zero-order valence-corrected chi connectivity index (χ0v) is 14.9. The zero-order chi connectivity index (χ0) is 18.6. The van der Waals surface area contributed by atoms with E-state index in [2.05, 4.69) is 18.9 Å². The first kappa shape index (κ1) is 22.6. The standard InChI is InChI=1S/C9H16N4OS.H2O7S2/c1-10-9(13-14)12-5-3-2-4-8-11-6-7-15-8;1-8(2,3)7-9(4,5)6/h6-7,14H,2-5H2,1H3,(H2,10,12,13);(H,1,2,3)(H,4,5,6). The fourth-order valence-electron chi connectivity index (χ4n) is 1.26. The number of hydroxylamine groups is 1. The Kier molecular flexibility index (Phi) is 10.6. The van der Waals surface area contributed by atoms with E-state index in [1.165, 1.54) is 5.01 Å². The second-order valence-corrected chi connectivity index (χ2v) is 7.15. The van der Waals surface area contributed by atoms with E-state index >= 15 is 0 Å². The molecule has 0 aliphatic rings. The molecule has 15 heteroatoms. The van der Waals surface area contributed by atoms with Crippen molar-refractivity contribution in [2.24, 2.45) is 4.99 Å². The summed E-state index contributed by atoms with van der Waals surface area (Å²) in [5.41, 5.74) is 1.98. The van der Waals surface area contributed by atoms with Gasteiger partial charge < -0.3 is 5.32 Å². The van der Waals surface area contributed by atoms with Gasteiger partial charge in [-0.05, 0) is 19.3 Å². The second-order valence-electron chi connectivity index (χ2n) is 3.92. The number of guanidine groups is 1. The molecule has 0 saturated heterocycles. The minimum atomic E-state index is -5.12. The van der Waals surface area contributed by atoms with Crippen molar-refractivity contribution in [1.82, 2.24) is 15.8 Å². The number of aliphatic imine (C=N–C) groups is 1. The molecule has 0 radical (unpaired) electrons. The van der Waals surface area contributed by atoms with Crippen molar-refractivity contribution >= 4 is 38.1 Å². The van der Waals surface area contributed by atoms with Crippen LogP contribution in [0.3, 0.4) is 0 Å². The fraction of sp³-hybridized carbons (Fsp3) is 0.556. The lowest BCUT2D eigenvalue weighted by Gasteiger charge is -2.06. The topological polar surface area (TPSA) is 188 Å². The van der Waals surface area contributed by atoms with Gasteiger partial charge in [-0.2, -0.15) is 16.8 Å². The van der Waals surface area contributed by atoms with Crippen molar-refractivity contribution in [3.05, 3.63) is 16.6 Å². The number of unbranched alkanes of at least 4 members (excludes halogenated alkanes) is 1. The highest BCUT2D eigenvalue weighted by Gasteiger charge is 2.15. The normalized spacial score (nSPS) is 12.2. The van der Waals surface area contributed by atoms with Gasteiger partial charge in [0.1, 0.15) is 0 Å². The lowest BCUT2D eigenvalue weighted by atomic mass is 10.2. The SMILES string of the molecule is CN=C(NO)NCCCCc1nccs1.O=S(=O)(O)OS(=O)(=O)O. The van der Waals surface area contributed by atoms with E-state index in [9.17, 15) is 16.8 Å². The maximum absolute atomic E-state index is 9.44. The molecule has 0 bridgehead atoms. The van der Waals surface area contributed by atoms with Gasteiger partial charge in [0, 0.05) is 25.2 Å². The number of hydrogen-bond donors (Lipinski definition) is 5. The lowest BCUT2D eigenvalue weighted by Crippen LogP contribution is -2.35. The summed E-state index contributed by atoms with van der Waals surface area (Å²) in [4.78, 5) is 7.99. The smallest absolute Gasteiger partial charge is 0.355 e. The predicted molar refractivity (Wildman–Crippen MR) is 85.5 cm³/mol. The first-order valence-electron chi connectivity index (χ1n) is 6.22. The molecule has 140 valence electrons. The predicted octanol–water partition coefficient (Wildman–Crippen LogP) is -0.371. The van der Waals surface area contributed by atoms with Crippen molar-refractivity contribution in [3.8, 4) is 0 Å². The molecule has 0 aliphatic carbocycles. The van der Waals surface area contributed by atoms with Gasteiger partial charge in [0.15, 0.2) is 0 Å². The first-order chi connectivity index (χ1) is 11.1. The molecule has 24 heavy (non-hydrogen) atoms. The Balaban J connectivity index is 0.000000506. The van der Waals surface area contributed by atoms with Gasteiger partial charge in [-0.25, -0.2) is 10.5 Å². The molecule has 12 nitrogen and oxygen atoms in total. The van der Waals surface area contributed by atoms with E-state index < -0.39 is 20.8 Å². The third-order valence-electron chi connectivity index (χ3n) is 2.09. The number of nitrogens with zero attached hydrogens (tertiary/aromatic N) is 2. The van der Waals surface area contributed by atoms with Crippen LogP contribution in [0.15, 0.2) is 16.6 Å². The van der Waals surface area contributed by atoms with Crippen molar-refractivity contribution in [3.63, 3.8) is 0 Å². The Labute approximate surface area is 143 Å². The molecular weight excluding hydrogens is 388 g/mol. The van der Waals surface area contributed by atoms with E-state index in [1.54, 1.807) is 18.4 Å². The molecule has 0 amide bonds. The van der Waals surface area contributed by atoms with Gasteiger partial charge in [-0.15, -0.1) is 15.0 Å². The minimum Gasteiger partial charge on any atom is -0.355 e. The second kappa shape index (κ2) is 11.2. The Morgan fingerprint density at radius 3 is 2.29 bits per heavy atom. The average molecular weight is 406 g/mol. The van der Waals surface area contributed by atoms with Crippen LogP contribution in [0.4, 0.5) is 0 Å². The molecule has 5 N–H and O–H groups in total. The molecule has 0 unspecified atom stereocenters. The van der Waals surface area contributed by atoms with Crippen LogP contribution in [0.1, 0.15) is 17.8 Å². The van der Waals surface area contributed by atoms with Gasteiger partial charge in [0.2, 0.25) is 5.96 Å². The molecule has 0 saturated carbocycles. The molecule has 1 aromatic rings. The summed E-state index contributed by atoms with van der Waals surface area (Å²) in [5, 5.41) is 14.7. The van der Waals surface area contributed by atoms with Gasteiger partial charge in [-0.1, -0.05) is 0 Å². The van der Waals surface area contributed by atoms with Gasteiger partial charge >= 0.3 is 20.8 Å². The molecule has 1 rings (SSSR count). The van der Waals surface area contributed by atoms with Crippen molar-refractivity contribution < 1.29 is 34.8 Å². The highest BCUT2D eigenvalue weighted by atomic mass is 32.3. The third-order valence-corrected chi connectivity index (χ3v) is 4.31. The zero-order valence-electron chi connectivity index (χ0n) is 12.5. The Morgan fingerprint density at radius 2 is 1.92 bits per heavy atom. The highest BCUT2D eigenvalue weighted by molar-refractivity contribution is 7.94. The summed E-state index contributed by atoms with van der Waals surface area (Å²) in [6.07, 6.45) is 4.96. The molecule has 0 fully saturated rings. The maximum atomic E-state index is 9.44. The van der Waals surface area contributed by atoms with Crippen molar-refractivity contribution in [1.29, 1.82) is 0 Å². The number of rotatable bonds is 7. The number of thiazole rings is 1. The van der Waals surface area contributed by atoms with E-state index in [4.69, 9.17) is 14.3 Å². The molecule has 0 atom stereocenters. The van der Waals surface area contributed by atoms with Crippen LogP contribution in [0.2, 0.25) is 0 Å². The monoisotopic (exact) mass is 406 g/mol. The van der Waals surface area contributed by atoms with Crippen LogP contribution >= 0.6 is 11.3 Å². The number of nitrogens with one attached hydrogen (secondary N) is 2. The average Bonchev–Trinajstić information content (AvgIpc) is 2.92. The van der Waals surface area contributed by atoms with Crippen LogP contribution in [0.25, 0.3) is 0 Å². The summed E-state index contributed by atoms with van der Waals surface area (Å²) in [7, 11) is -8.63. The molecule has 1 heterocycles. The summed E-state index contributed by atoms with van der Waals surface area (Å²) in [6, 6.07) is 0. The van der Waals surface area contributed by atoms with Crippen LogP contribution in [-0.4, -0.2) is 55.7 Å². The highest BCUT2D eigenvalue weighted by Crippen LogP contribution is 2.07. The summed E-state index contributed by atoms with van der Waals surface area (Å²) < 4.78 is 55.6. The van der Waals surface area contributed by atoms with Crippen molar-refractivity contribution in [2.75, 3.05) is 13.6 Å². The first-order valence-corrected chi connectivity index (χ1v) is 9.83. The van der Waals surface area contributed by atoms with Crippen molar-refractivity contribution in [2.45, 2.75) is 19.3 Å². The summed E-state index contributed by atoms with van der Waals surface area (Å²) in [5.74, 6) is 0.407. The number of hydrogen-bond acceptors (Lipinski definition) is 9. The minimum absolute atomic E-state index is 0.407. The van der Waals surface area contributed by atoms with Crippen LogP contribution < -0.4 is 10.8 Å². The third kappa shape index (κ3) is 14.2. The molecule has 1 aromatic heterocycles. The van der Waals surface area contributed by atoms with E-state index in [1.807, 2.05) is 17.1 Å². The fourth-order valence-corrected chi connectivity index (χ4v) is 2.79. The van der Waals surface area contributed by atoms with E-state index in [0.717, 1.165) is 25.8 Å². The van der Waals surface area contributed by atoms with Gasteiger partial charge in [0.05, 0.1) is 5.01 Å². The van der Waals surface area contributed by atoms with Gasteiger partial charge in [0.25, 0.3) is 0 Å². The molecule has 0 aliphatic heterocycles. The number of aromatic nitrogens is 1. The molecule has 0 spiro atoms. The summed E-state index contributed by atoms with van der Waals surface area (Å²) in [6.45, 7) is 0.797. The molecule has 0 aromatic carbocycles. The molecular formula is C9H18N4O8S3. The largest absolute Gasteiger partial charge is 0.413 e.